The molecular weight excluding hydrogens is 214 g/mol. The molecule has 0 saturated heterocycles. The third-order valence-electron chi connectivity index (χ3n) is 1.06. The van der Waals surface area contributed by atoms with Crippen molar-refractivity contribution in [2.75, 3.05) is 0 Å². The molecule has 80 valence electrons. The molecule has 0 atom stereocenters. The molecule has 0 aromatic heterocycles. The molecule has 0 aliphatic carbocycles. The molecule has 0 aliphatic rings. The molecular formula is C7H23NO2Si3. The Kier molecular flexibility index (Phi) is 4.11. The maximum atomic E-state index is 6.01. The summed E-state index contributed by atoms with van der Waals surface area (Å²) in [5, 5.41) is 5.93. The summed E-state index contributed by atoms with van der Waals surface area (Å²) < 4.78 is 11.9. The maximum absolute atomic E-state index is 6.01. The van der Waals surface area contributed by atoms with Crippen LogP contribution in [0, 0.1) is 0 Å². The van der Waals surface area contributed by atoms with Gasteiger partial charge in [-0.1, -0.05) is 0 Å². The number of rotatable bonds is 4. The van der Waals surface area contributed by atoms with Crippen LogP contribution >= 0.6 is 0 Å². The molecule has 0 bridgehead atoms. The second kappa shape index (κ2) is 3.95. The highest BCUT2D eigenvalue weighted by Gasteiger charge is 2.36. The standard InChI is InChI=1S/C7H23NO2Si3/c1-11(2,3)9-13(6,7)10-12(4,5)8/h8H2,1-7H3. The van der Waals surface area contributed by atoms with Crippen LogP contribution < -0.4 is 5.40 Å². The highest BCUT2D eigenvalue weighted by Crippen LogP contribution is 2.17. The lowest BCUT2D eigenvalue weighted by molar-refractivity contribution is 0.393. The molecule has 0 aromatic rings. The van der Waals surface area contributed by atoms with Gasteiger partial charge in [0.2, 0.25) is 0 Å². The van der Waals surface area contributed by atoms with Crippen LogP contribution in [-0.2, 0) is 8.23 Å². The van der Waals surface area contributed by atoms with E-state index in [0.717, 1.165) is 0 Å². The van der Waals surface area contributed by atoms with Gasteiger partial charge in [0.05, 0.1) is 0 Å². The highest BCUT2D eigenvalue weighted by molar-refractivity contribution is 6.86. The van der Waals surface area contributed by atoms with E-state index in [1.54, 1.807) is 0 Å². The highest BCUT2D eigenvalue weighted by atomic mass is 28.5. The summed E-state index contributed by atoms with van der Waals surface area (Å²) in [6, 6.07) is 0. The molecule has 3 nitrogen and oxygen atoms in total. The van der Waals surface area contributed by atoms with Crippen LogP contribution in [0.3, 0.4) is 0 Å². The molecule has 0 saturated carbocycles. The van der Waals surface area contributed by atoms with Crippen LogP contribution in [-0.4, -0.2) is 25.4 Å². The third kappa shape index (κ3) is 8.85. The quantitative estimate of drug-likeness (QED) is 0.763. The zero-order chi connectivity index (χ0) is 10.9. The van der Waals surface area contributed by atoms with E-state index in [1.165, 1.54) is 0 Å². The van der Waals surface area contributed by atoms with Crippen molar-refractivity contribution in [3.63, 3.8) is 0 Å². The first kappa shape index (κ1) is 13.5. The first-order valence-electron chi connectivity index (χ1n) is 4.61. The van der Waals surface area contributed by atoms with Crippen molar-refractivity contribution in [1.82, 2.24) is 0 Å². The molecule has 0 aromatic carbocycles. The normalized spacial score (nSPS) is 14.8. The molecule has 0 aliphatic heterocycles. The summed E-state index contributed by atoms with van der Waals surface area (Å²) in [5.41, 5.74) is 0. The zero-order valence-electron chi connectivity index (χ0n) is 9.89. The second-order valence-electron chi connectivity index (χ2n) is 5.32. The van der Waals surface area contributed by atoms with Crippen molar-refractivity contribution in [3.8, 4) is 0 Å². The van der Waals surface area contributed by atoms with Crippen molar-refractivity contribution in [3.05, 3.63) is 0 Å². The molecule has 13 heavy (non-hydrogen) atoms. The molecule has 0 unspecified atom stereocenters. The van der Waals surface area contributed by atoms with E-state index in [9.17, 15) is 0 Å². The Balaban J connectivity index is 4.25. The minimum Gasteiger partial charge on any atom is -0.437 e. The Morgan fingerprint density at radius 3 is 1.38 bits per heavy atom. The van der Waals surface area contributed by atoms with Crippen LogP contribution in [0.15, 0.2) is 0 Å². The van der Waals surface area contributed by atoms with Crippen LogP contribution in [0.25, 0.3) is 0 Å². The van der Waals surface area contributed by atoms with Gasteiger partial charge in [-0.15, -0.1) is 0 Å². The van der Waals surface area contributed by atoms with Gasteiger partial charge in [-0.05, 0) is 45.8 Å². The fourth-order valence-corrected chi connectivity index (χ4v) is 12.9. The van der Waals surface area contributed by atoms with Gasteiger partial charge in [0.25, 0.3) is 8.48 Å². The lowest BCUT2D eigenvalue weighted by Crippen LogP contribution is -2.55. The number of hydrogen-bond donors (Lipinski definition) is 1. The molecule has 0 radical (unpaired) electrons. The second-order valence-corrected chi connectivity index (χ2v) is 17.2. The third-order valence-corrected chi connectivity index (χ3v) is 9.55. The Hall–Kier alpha value is 0.531. The van der Waals surface area contributed by atoms with Gasteiger partial charge < -0.3 is 13.6 Å². The summed E-state index contributed by atoms with van der Waals surface area (Å²) >= 11 is 0. The van der Waals surface area contributed by atoms with Crippen molar-refractivity contribution in [2.45, 2.75) is 45.8 Å². The summed E-state index contributed by atoms with van der Waals surface area (Å²) in [5.74, 6) is 0. The van der Waals surface area contributed by atoms with E-state index >= 15 is 0 Å². The molecule has 0 fully saturated rings. The molecule has 0 amide bonds. The minimum atomic E-state index is -1.98. The van der Waals surface area contributed by atoms with Gasteiger partial charge in [0, 0.05) is 0 Å². The molecule has 2 N–H and O–H groups in total. The van der Waals surface area contributed by atoms with Crippen molar-refractivity contribution >= 4 is 25.4 Å². The van der Waals surface area contributed by atoms with Crippen LogP contribution in [0.1, 0.15) is 0 Å². The average Bonchev–Trinajstić information content (AvgIpc) is 1.43. The maximum Gasteiger partial charge on any atom is 0.312 e. The predicted octanol–water partition coefficient (Wildman–Crippen LogP) is 2.22. The minimum absolute atomic E-state index is 1.49. The van der Waals surface area contributed by atoms with Gasteiger partial charge in [-0.3, -0.25) is 0 Å². The Labute approximate surface area is 85.2 Å². The summed E-state index contributed by atoms with van der Waals surface area (Å²) in [6.45, 7) is 14.7. The Morgan fingerprint density at radius 2 is 1.15 bits per heavy atom. The van der Waals surface area contributed by atoms with Crippen molar-refractivity contribution in [2.24, 2.45) is 5.40 Å². The predicted molar refractivity (Wildman–Crippen MR) is 64.7 cm³/mol. The molecule has 0 heterocycles. The van der Waals surface area contributed by atoms with Gasteiger partial charge in [-0.25, -0.2) is 0 Å². The monoisotopic (exact) mass is 237 g/mol. The Bertz CT molecular complexity index is 154. The Morgan fingerprint density at radius 1 is 0.769 bits per heavy atom. The summed E-state index contributed by atoms with van der Waals surface area (Å²) in [7, 11) is -5.40. The van der Waals surface area contributed by atoms with E-state index in [-0.39, 0.29) is 0 Å². The average molecular weight is 238 g/mol. The molecule has 6 heteroatoms. The smallest absolute Gasteiger partial charge is 0.312 e. The van der Waals surface area contributed by atoms with Gasteiger partial charge in [0.1, 0.15) is 0 Å². The largest absolute Gasteiger partial charge is 0.437 e. The lowest BCUT2D eigenvalue weighted by Gasteiger charge is -2.35. The topological polar surface area (TPSA) is 44.5 Å². The van der Waals surface area contributed by atoms with E-state index in [4.69, 9.17) is 13.6 Å². The van der Waals surface area contributed by atoms with Gasteiger partial charge in [0.15, 0.2) is 8.32 Å². The number of hydrogen-bond acceptors (Lipinski definition) is 3. The zero-order valence-corrected chi connectivity index (χ0v) is 12.9. The fourth-order valence-electron chi connectivity index (χ4n) is 1.39. The van der Waals surface area contributed by atoms with E-state index in [0.29, 0.717) is 0 Å². The van der Waals surface area contributed by atoms with Crippen molar-refractivity contribution in [1.29, 1.82) is 0 Å². The molecule has 0 rings (SSSR count). The lowest BCUT2D eigenvalue weighted by atomic mass is 11.8. The van der Waals surface area contributed by atoms with Crippen LogP contribution in [0.4, 0.5) is 0 Å². The van der Waals surface area contributed by atoms with E-state index in [2.05, 4.69) is 32.7 Å². The van der Waals surface area contributed by atoms with Crippen LogP contribution in [0.5, 0.6) is 0 Å². The summed E-state index contributed by atoms with van der Waals surface area (Å²) in [4.78, 5) is 0. The van der Waals surface area contributed by atoms with E-state index in [1.807, 2.05) is 13.1 Å². The number of nitrogens with two attached hydrogens (primary N) is 1. The molecule has 0 spiro atoms. The van der Waals surface area contributed by atoms with Gasteiger partial charge >= 0.3 is 8.56 Å². The first-order valence-corrected chi connectivity index (χ1v) is 13.8. The summed E-state index contributed by atoms with van der Waals surface area (Å²) in [6.07, 6.45) is 0. The van der Waals surface area contributed by atoms with Crippen LogP contribution in [0.2, 0.25) is 45.8 Å². The SMILES string of the molecule is C[Si](C)(C)O[Si](C)(C)O[Si](C)(C)N. The van der Waals surface area contributed by atoms with Crippen molar-refractivity contribution < 1.29 is 8.23 Å². The fraction of sp³-hybridized carbons (Fsp3) is 1.00. The van der Waals surface area contributed by atoms with Gasteiger partial charge in [-0.2, -0.15) is 0 Å². The van der Waals surface area contributed by atoms with E-state index < -0.39 is 25.4 Å². The first-order chi connectivity index (χ1) is 5.41.